The third-order valence-corrected chi connectivity index (χ3v) is 13.5. The molecule has 74 heavy (non-hydrogen) atoms. The third-order valence-electron chi connectivity index (χ3n) is 13.0. The second-order valence-electron chi connectivity index (χ2n) is 19.8. The Bertz CT molecular complexity index is 1600. The number of ether oxygens (including phenoxy) is 4. The Morgan fingerprint density at radius 1 is 0.527 bits per heavy atom. The van der Waals surface area contributed by atoms with E-state index in [2.05, 4.69) is 103 Å². The number of esters is 1. The van der Waals surface area contributed by atoms with Crippen LogP contribution in [0.2, 0.25) is 0 Å². The topological polar surface area (TPSA) is 178 Å². The van der Waals surface area contributed by atoms with Crippen molar-refractivity contribution in [1.29, 1.82) is 0 Å². The maximum Gasteiger partial charge on any atom is 0.397 e. The van der Waals surface area contributed by atoms with Gasteiger partial charge in [0.1, 0.15) is 30.5 Å². The summed E-state index contributed by atoms with van der Waals surface area (Å²) in [6, 6.07) is 0. The van der Waals surface area contributed by atoms with E-state index in [1.54, 1.807) is 0 Å². The lowest BCUT2D eigenvalue weighted by Gasteiger charge is -2.41. The number of aliphatic hydroxyl groups is 3. The Morgan fingerprint density at radius 2 is 0.932 bits per heavy atom. The molecule has 0 aromatic heterocycles. The van der Waals surface area contributed by atoms with E-state index >= 15 is 0 Å². The number of carbonyl (C=O) groups is 1. The minimum absolute atomic E-state index is 0.0219. The van der Waals surface area contributed by atoms with Crippen LogP contribution in [0.5, 0.6) is 0 Å². The van der Waals surface area contributed by atoms with E-state index in [4.69, 9.17) is 18.9 Å². The first kappa shape index (κ1) is 69.3. The summed E-state index contributed by atoms with van der Waals surface area (Å²) >= 11 is 0. The van der Waals surface area contributed by atoms with Gasteiger partial charge in [0, 0.05) is 13.0 Å². The first-order valence-electron chi connectivity index (χ1n) is 29.3. The summed E-state index contributed by atoms with van der Waals surface area (Å²) in [5.41, 5.74) is 0. The van der Waals surface area contributed by atoms with Crippen molar-refractivity contribution in [1.82, 2.24) is 0 Å². The molecule has 4 N–H and O–H groups in total. The molecule has 1 saturated heterocycles. The monoisotopic (exact) mass is 1060 g/mol. The second-order valence-corrected chi connectivity index (χ2v) is 20.9. The van der Waals surface area contributed by atoms with Gasteiger partial charge in [-0.15, -0.1) is 0 Å². The van der Waals surface area contributed by atoms with Crippen LogP contribution in [0, 0.1) is 0 Å². The average Bonchev–Trinajstić information content (AvgIpc) is 3.38. The number of hydrogen-bond donors (Lipinski definition) is 4. The first-order valence-corrected chi connectivity index (χ1v) is 30.7. The van der Waals surface area contributed by atoms with E-state index in [0.29, 0.717) is 13.0 Å². The van der Waals surface area contributed by atoms with Gasteiger partial charge in [0.15, 0.2) is 6.29 Å². The highest BCUT2D eigenvalue weighted by Crippen LogP contribution is 2.26. The van der Waals surface area contributed by atoms with Crippen LogP contribution >= 0.6 is 0 Å². The Hall–Kier alpha value is -2.72. The van der Waals surface area contributed by atoms with Gasteiger partial charge in [-0.25, -0.2) is 4.18 Å². The maximum atomic E-state index is 13.0. The van der Waals surface area contributed by atoms with Gasteiger partial charge >= 0.3 is 16.4 Å². The molecular formula is C61H106O12S. The van der Waals surface area contributed by atoms with Gasteiger partial charge in [-0.05, 0) is 89.9 Å². The smallest absolute Gasteiger partial charge is 0.397 e. The molecule has 0 amide bonds. The standard InChI is InChI=1S/C61H106O12S/c1-3-5-7-9-11-13-15-17-19-21-23-25-27-28-29-30-32-34-36-38-40-42-44-46-48-50-57(63)71-55(54-70-61-59(65)60(73-74(66,67)68)58(64)56(52-62)72-61)53-69-51-49-47-45-43-41-39-37-35-33-31-26-24-22-20-18-16-14-12-10-8-6-4-2/h6,8,12,14-15,17-18,20-21,23-24,26,33,35,55-56,58-62,64-65H,3-5,7,9-11,13,16,19,22,25,27-32,34,36-54H2,1-2H3,(H,66,67,68)/b8-6-,14-12-,17-15-,20-18-,23-21-,26-24-,35-33-. The lowest BCUT2D eigenvalue weighted by atomic mass is 9.99. The fraction of sp³-hybridized carbons (Fsp3) is 0.754. The van der Waals surface area contributed by atoms with Crippen molar-refractivity contribution in [3.8, 4) is 0 Å². The van der Waals surface area contributed by atoms with Crippen LogP contribution in [0.25, 0.3) is 0 Å². The summed E-state index contributed by atoms with van der Waals surface area (Å²) in [5, 5.41) is 30.9. The molecule has 0 saturated carbocycles. The number of allylic oxidation sites excluding steroid dienone is 14. The summed E-state index contributed by atoms with van der Waals surface area (Å²) in [5.74, 6) is -0.406. The lowest BCUT2D eigenvalue weighted by Crippen LogP contribution is -2.60. The van der Waals surface area contributed by atoms with Gasteiger partial charge in [0.2, 0.25) is 0 Å². The summed E-state index contributed by atoms with van der Waals surface area (Å²) in [6.45, 7) is 3.85. The van der Waals surface area contributed by atoms with Gasteiger partial charge in [-0.1, -0.05) is 221 Å². The zero-order valence-corrected chi connectivity index (χ0v) is 47.2. The lowest BCUT2D eigenvalue weighted by molar-refractivity contribution is -0.301. The summed E-state index contributed by atoms with van der Waals surface area (Å²) in [7, 11) is -5.07. The molecule has 0 aliphatic carbocycles. The molecule has 6 unspecified atom stereocenters. The van der Waals surface area contributed by atoms with Crippen LogP contribution in [0.1, 0.15) is 232 Å². The Morgan fingerprint density at radius 3 is 1.36 bits per heavy atom. The van der Waals surface area contributed by atoms with Crippen molar-refractivity contribution in [3.63, 3.8) is 0 Å². The van der Waals surface area contributed by atoms with Crippen molar-refractivity contribution in [3.05, 3.63) is 85.1 Å². The largest absolute Gasteiger partial charge is 0.457 e. The molecule has 1 heterocycles. The first-order chi connectivity index (χ1) is 36.1. The SMILES string of the molecule is CC/C=C\C/C=C\C/C=C\C/C=C\C/C=C\CCCCCCCCOCC(COC1OC(CO)C(O)C(OS(=O)(=O)O)C1O)OC(=O)CCCCCCCCCCCCCCC/C=C\C/C=C\CCCCCCC. The molecule has 12 nitrogen and oxygen atoms in total. The summed E-state index contributed by atoms with van der Waals surface area (Å²) in [4.78, 5) is 13.0. The quantitative estimate of drug-likeness (QED) is 0.0196. The molecule has 0 aromatic rings. The van der Waals surface area contributed by atoms with Crippen molar-refractivity contribution in [2.45, 2.75) is 269 Å². The van der Waals surface area contributed by atoms with Gasteiger partial charge in [0.05, 0.1) is 19.8 Å². The Kier molecular flexibility index (Phi) is 47.8. The molecule has 1 aliphatic rings. The predicted molar refractivity (Wildman–Crippen MR) is 303 cm³/mol. The molecule has 13 heteroatoms. The van der Waals surface area contributed by atoms with E-state index in [1.807, 2.05) is 0 Å². The Balaban J connectivity index is 2.31. The minimum Gasteiger partial charge on any atom is -0.457 e. The number of unbranched alkanes of at least 4 members (excludes halogenated alkanes) is 24. The highest BCUT2D eigenvalue weighted by Gasteiger charge is 2.48. The van der Waals surface area contributed by atoms with E-state index < -0.39 is 59.8 Å². The van der Waals surface area contributed by atoms with Crippen LogP contribution in [0.3, 0.4) is 0 Å². The fourth-order valence-corrected chi connectivity index (χ4v) is 9.12. The highest BCUT2D eigenvalue weighted by molar-refractivity contribution is 7.80. The van der Waals surface area contributed by atoms with Crippen molar-refractivity contribution < 1.29 is 56.2 Å². The molecular weight excluding hydrogens is 957 g/mol. The number of carbonyl (C=O) groups excluding carboxylic acids is 1. The summed E-state index contributed by atoms with van der Waals surface area (Å²) < 4.78 is 59.4. The van der Waals surface area contributed by atoms with Crippen LogP contribution in [-0.2, 0) is 38.3 Å². The molecule has 0 bridgehead atoms. The molecule has 0 aromatic carbocycles. The van der Waals surface area contributed by atoms with Crippen LogP contribution < -0.4 is 0 Å². The van der Waals surface area contributed by atoms with Crippen molar-refractivity contribution in [2.75, 3.05) is 26.4 Å². The number of hydrogen-bond acceptors (Lipinski definition) is 11. The zero-order valence-electron chi connectivity index (χ0n) is 46.4. The Labute approximate surface area is 451 Å². The molecule has 428 valence electrons. The third kappa shape index (κ3) is 43.4. The molecule has 0 radical (unpaired) electrons. The molecule has 0 spiro atoms. The number of aliphatic hydroxyl groups excluding tert-OH is 3. The van der Waals surface area contributed by atoms with Crippen molar-refractivity contribution in [2.24, 2.45) is 0 Å². The fourth-order valence-electron chi connectivity index (χ4n) is 8.61. The normalized spacial score (nSPS) is 19.4. The number of rotatable bonds is 51. The van der Waals surface area contributed by atoms with E-state index in [0.717, 1.165) is 96.3 Å². The predicted octanol–water partition coefficient (Wildman–Crippen LogP) is 14.8. The summed E-state index contributed by atoms with van der Waals surface area (Å²) in [6.07, 6.45) is 60.4. The van der Waals surface area contributed by atoms with Gasteiger partial charge in [-0.3, -0.25) is 9.35 Å². The van der Waals surface area contributed by atoms with Gasteiger partial charge < -0.3 is 34.3 Å². The van der Waals surface area contributed by atoms with Gasteiger partial charge in [0.25, 0.3) is 0 Å². The minimum atomic E-state index is -5.07. The molecule has 6 atom stereocenters. The highest BCUT2D eigenvalue weighted by atomic mass is 32.3. The van der Waals surface area contributed by atoms with Crippen molar-refractivity contribution >= 4 is 16.4 Å². The second kappa shape index (κ2) is 51.1. The van der Waals surface area contributed by atoms with Crippen LogP contribution in [-0.4, -0.2) is 97.5 Å². The van der Waals surface area contributed by atoms with E-state index in [-0.39, 0.29) is 19.6 Å². The molecule has 1 aliphatic heterocycles. The van der Waals surface area contributed by atoms with Gasteiger partial charge in [-0.2, -0.15) is 8.42 Å². The van der Waals surface area contributed by atoms with E-state index in [1.165, 1.54) is 109 Å². The van der Waals surface area contributed by atoms with Crippen LogP contribution in [0.4, 0.5) is 0 Å². The van der Waals surface area contributed by atoms with Crippen LogP contribution in [0.15, 0.2) is 85.1 Å². The molecule has 1 rings (SSSR count). The van der Waals surface area contributed by atoms with E-state index in [9.17, 15) is 33.1 Å². The molecule has 1 fully saturated rings. The average molecular weight is 1060 g/mol. The maximum absolute atomic E-state index is 13.0. The zero-order chi connectivity index (χ0) is 53.8.